The molecule has 1 aromatic carbocycles. The maximum absolute atomic E-state index is 5.76. The van der Waals surface area contributed by atoms with Crippen LogP contribution in [0.5, 0.6) is 5.75 Å². The molecule has 0 aliphatic heterocycles. The monoisotopic (exact) mass is 397 g/mol. The second-order valence-corrected chi connectivity index (χ2v) is 8.86. The number of unbranched alkanes of at least 4 members (excludes halogenated alkanes) is 1. The Morgan fingerprint density at radius 2 is 2.00 bits per heavy atom. The third-order valence-electron chi connectivity index (χ3n) is 4.44. The van der Waals surface area contributed by atoms with Crippen molar-refractivity contribution in [2.24, 2.45) is 0 Å². The number of hydrogen-bond acceptors (Lipinski definition) is 4. The average molecular weight is 398 g/mol. The highest BCUT2D eigenvalue weighted by atomic mass is 32.2. The highest BCUT2D eigenvalue weighted by molar-refractivity contribution is 7.99. The molecule has 0 spiro atoms. The Bertz CT molecular complexity index is 758. The van der Waals surface area contributed by atoms with Gasteiger partial charge in [0, 0.05) is 22.1 Å². The van der Waals surface area contributed by atoms with Gasteiger partial charge in [-0.1, -0.05) is 42.5 Å². The summed E-state index contributed by atoms with van der Waals surface area (Å²) in [6.45, 7) is 2.99. The summed E-state index contributed by atoms with van der Waals surface area (Å²) in [6, 6.07) is 12.2. The summed E-state index contributed by atoms with van der Waals surface area (Å²) in [5.41, 5.74) is 2.56. The van der Waals surface area contributed by atoms with Crippen molar-refractivity contribution in [2.45, 2.75) is 42.1 Å². The molecular formula is C23H27NOS2. The summed E-state index contributed by atoms with van der Waals surface area (Å²) in [4.78, 5) is 5.98. The highest BCUT2D eigenvalue weighted by Gasteiger charge is 2.10. The fraction of sp³-hybridized carbons (Fsp3) is 0.348. The molecule has 0 fully saturated rings. The van der Waals surface area contributed by atoms with E-state index in [0.717, 1.165) is 43.1 Å². The third-order valence-corrected chi connectivity index (χ3v) is 6.91. The first-order chi connectivity index (χ1) is 13.3. The molecule has 1 aliphatic rings. The highest BCUT2D eigenvalue weighted by Crippen LogP contribution is 2.29. The lowest BCUT2D eigenvalue weighted by atomic mass is 10.2. The van der Waals surface area contributed by atoms with Crippen molar-refractivity contribution in [1.29, 1.82) is 0 Å². The summed E-state index contributed by atoms with van der Waals surface area (Å²) < 4.78 is 5.76. The zero-order valence-electron chi connectivity index (χ0n) is 15.8. The van der Waals surface area contributed by atoms with E-state index in [-0.39, 0.29) is 0 Å². The van der Waals surface area contributed by atoms with Crippen LogP contribution in [-0.2, 0) is 5.75 Å². The average Bonchev–Trinajstić information content (AvgIpc) is 2.72. The van der Waals surface area contributed by atoms with Crippen molar-refractivity contribution in [3.05, 3.63) is 78.2 Å². The Labute approximate surface area is 171 Å². The smallest absolute Gasteiger partial charge is 0.119 e. The van der Waals surface area contributed by atoms with Gasteiger partial charge in [0.15, 0.2) is 0 Å². The minimum atomic E-state index is 0.581. The van der Waals surface area contributed by atoms with Crippen molar-refractivity contribution < 1.29 is 4.74 Å². The van der Waals surface area contributed by atoms with Gasteiger partial charge in [-0.15, -0.1) is 23.5 Å². The van der Waals surface area contributed by atoms with E-state index in [9.17, 15) is 0 Å². The van der Waals surface area contributed by atoms with Crippen LogP contribution < -0.4 is 4.74 Å². The van der Waals surface area contributed by atoms with Gasteiger partial charge < -0.3 is 4.74 Å². The van der Waals surface area contributed by atoms with Crippen LogP contribution in [0.4, 0.5) is 0 Å². The van der Waals surface area contributed by atoms with Crippen LogP contribution in [-0.4, -0.2) is 22.6 Å². The van der Waals surface area contributed by atoms with E-state index in [4.69, 9.17) is 4.74 Å². The number of aromatic nitrogens is 1. The molecule has 0 bridgehead atoms. The van der Waals surface area contributed by atoms with E-state index in [0.29, 0.717) is 5.25 Å². The van der Waals surface area contributed by atoms with Gasteiger partial charge >= 0.3 is 0 Å². The van der Waals surface area contributed by atoms with Crippen LogP contribution in [0.1, 0.15) is 30.5 Å². The van der Waals surface area contributed by atoms with E-state index >= 15 is 0 Å². The third kappa shape index (κ3) is 6.78. The second kappa shape index (κ2) is 11.3. The number of hydrogen-bond donors (Lipinski definition) is 0. The Morgan fingerprint density at radius 3 is 2.81 bits per heavy atom. The van der Waals surface area contributed by atoms with Gasteiger partial charge in [-0.2, -0.15) is 0 Å². The molecule has 3 rings (SSSR count). The molecule has 1 unspecified atom stereocenters. The number of pyridine rings is 1. The van der Waals surface area contributed by atoms with Gasteiger partial charge in [0.2, 0.25) is 0 Å². The lowest BCUT2D eigenvalue weighted by molar-refractivity contribution is 0.310. The van der Waals surface area contributed by atoms with Crippen molar-refractivity contribution in [2.75, 3.05) is 12.4 Å². The molecule has 0 N–H and O–H groups in total. The van der Waals surface area contributed by atoms with Crippen molar-refractivity contribution >= 4 is 23.5 Å². The molecule has 1 aliphatic carbocycles. The number of thioether (sulfide) groups is 2. The van der Waals surface area contributed by atoms with Gasteiger partial charge in [0.1, 0.15) is 5.75 Å². The van der Waals surface area contributed by atoms with Gasteiger partial charge in [-0.25, -0.2) is 0 Å². The molecule has 2 aromatic rings. The van der Waals surface area contributed by atoms with Gasteiger partial charge in [0.05, 0.1) is 12.3 Å². The number of rotatable bonds is 10. The quantitative estimate of drug-likeness (QED) is 0.339. The molecule has 1 atom stereocenters. The zero-order chi connectivity index (χ0) is 18.7. The molecule has 27 heavy (non-hydrogen) atoms. The largest absolute Gasteiger partial charge is 0.494 e. The molecule has 1 aromatic heterocycles. The van der Waals surface area contributed by atoms with E-state index < -0.39 is 0 Å². The predicted molar refractivity (Wildman–Crippen MR) is 119 cm³/mol. The summed E-state index contributed by atoms with van der Waals surface area (Å²) >= 11 is 3.92. The molecule has 4 heteroatoms. The zero-order valence-corrected chi connectivity index (χ0v) is 17.5. The van der Waals surface area contributed by atoms with Crippen LogP contribution in [0.15, 0.2) is 71.8 Å². The van der Waals surface area contributed by atoms with Crippen LogP contribution >= 0.6 is 23.5 Å². The Hall–Kier alpha value is -1.65. The topological polar surface area (TPSA) is 22.1 Å². The number of para-hydroxylation sites is 1. The summed E-state index contributed by atoms with van der Waals surface area (Å²) in [6.07, 6.45) is 14.1. The number of ether oxygens (including phenoxy) is 1. The van der Waals surface area contributed by atoms with Crippen molar-refractivity contribution in [3.63, 3.8) is 0 Å². The molecule has 142 valence electrons. The number of allylic oxidation sites excluding steroid dienone is 3. The Balaban J connectivity index is 1.38. The van der Waals surface area contributed by atoms with Crippen molar-refractivity contribution in [1.82, 2.24) is 4.98 Å². The Kier molecular flexibility index (Phi) is 8.37. The van der Waals surface area contributed by atoms with Gasteiger partial charge in [-0.05, 0) is 55.7 Å². The predicted octanol–water partition coefficient (Wildman–Crippen LogP) is 6.46. The fourth-order valence-corrected chi connectivity index (χ4v) is 4.99. The van der Waals surface area contributed by atoms with Crippen LogP contribution in [0.2, 0.25) is 0 Å². The second-order valence-electron chi connectivity index (χ2n) is 6.50. The van der Waals surface area contributed by atoms with E-state index in [1.54, 1.807) is 0 Å². The molecule has 1 heterocycles. The molecule has 0 saturated heterocycles. The molecule has 0 saturated carbocycles. The number of benzene rings is 1. The molecule has 0 radical (unpaired) electrons. The van der Waals surface area contributed by atoms with Gasteiger partial charge in [0.25, 0.3) is 0 Å². The lowest BCUT2D eigenvalue weighted by Crippen LogP contribution is -2.02. The van der Waals surface area contributed by atoms with E-state index in [1.807, 2.05) is 60.1 Å². The standard InChI is InChI=1S/C23H27NOS2/c1-19-22(18-27-21-12-6-3-7-13-21)24-15-14-23(19)26-17-9-8-16-25-20-10-4-2-5-11-20/h2-7,10-12,14-15,21H,8-9,13,16-18H2,1H3. The summed E-state index contributed by atoms with van der Waals surface area (Å²) in [5, 5.41) is 0.581. The first-order valence-electron chi connectivity index (χ1n) is 9.53. The Morgan fingerprint density at radius 1 is 1.11 bits per heavy atom. The molecule has 0 amide bonds. The van der Waals surface area contributed by atoms with E-state index in [1.165, 1.54) is 16.2 Å². The van der Waals surface area contributed by atoms with Crippen molar-refractivity contribution in [3.8, 4) is 5.75 Å². The normalized spacial score (nSPS) is 15.8. The molecule has 2 nitrogen and oxygen atoms in total. The van der Waals surface area contributed by atoms with Crippen LogP contribution in [0.3, 0.4) is 0 Å². The van der Waals surface area contributed by atoms with Crippen LogP contribution in [0, 0.1) is 6.92 Å². The fourth-order valence-electron chi connectivity index (χ4n) is 2.82. The minimum absolute atomic E-state index is 0.581. The first kappa shape index (κ1) is 20.1. The number of nitrogens with zero attached hydrogens (tertiary/aromatic N) is 1. The first-order valence-corrected chi connectivity index (χ1v) is 11.6. The minimum Gasteiger partial charge on any atom is -0.494 e. The maximum Gasteiger partial charge on any atom is 0.119 e. The maximum atomic E-state index is 5.76. The summed E-state index contributed by atoms with van der Waals surface area (Å²) in [7, 11) is 0. The summed E-state index contributed by atoms with van der Waals surface area (Å²) in [5.74, 6) is 3.06. The lowest BCUT2D eigenvalue weighted by Gasteiger charge is -2.14. The molecular weight excluding hydrogens is 370 g/mol. The van der Waals surface area contributed by atoms with Crippen LogP contribution in [0.25, 0.3) is 0 Å². The van der Waals surface area contributed by atoms with Gasteiger partial charge in [-0.3, -0.25) is 4.98 Å². The van der Waals surface area contributed by atoms with E-state index in [2.05, 4.69) is 42.3 Å². The SMILES string of the molecule is Cc1c(SCCCCOc2ccccc2)ccnc1CSC1C=CC=CC1.